The number of unbranched alkanes of at least 4 members (excludes halogenated alkanes) is 1. The Morgan fingerprint density at radius 1 is 1.44 bits per heavy atom. The zero-order valence-corrected chi connectivity index (χ0v) is 10.6. The molecule has 0 fully saturated rings. The number of nitrogens with zero attached hydrogens (tertiary/aromatic N) is 2. The van der Waals surface area contributed by atoms with Gasteiger partial charge in [0.05, 0.1) is 6.33 Å². The van der Waals surface area contributed by atoms with Crippen molar-refractivity contribution in [3.8, 4) is 0 Å². The molecule has 1 amide bonds. The van der Waals surface area contributed by atoms with Gasteiger partial charge in [0.15, 0.2) is 11.4 Å². The van der Waals surface area contributed by atoms with Gasteiger partial charge in [-0.15, -0.1) is 0 Å². The minimum atomic E-state index is -1.19. The van der Waals surface area contributed by atoms with Crippen LogP contribution in [0, 0.1) is 0 Å². The third kappa shape index (κ3) is 4.17. The predicted molar refractivity (Wildman–Crippen MR) is 65.7 cm³/mol. The molecule has 1 aromatic heterocycles. The van der Waals surface area contributed by atoms with Crippen molar-refractivity contribution >= 4 is 11.9 Å². The summed E-state index contributed by atoms with van der Waals surface area (Å²) >= 11 is 0. The minimum Gasteiger partial charge on any atom is -0.477 e. The van der Waals surface area contributed by atoms with Crippen molar-refractivity contribution in [2.75, 3.05) is 27.2 Å². The summed E-state index contributed by atoms with van der Waals surface area (Å²) in [5.74, 6) is -1.65. The second-order valence-corrected chi connectivity index (χ2v) is 4.20. The zero-order valence-electron chi connectivity index (χ0n) is 10.6. The Bertz CT molecular complexity index is 414. The van der Waals surface area contributed by atoms with E-state index in [0.717, 1.165) is 19.4 Å². The fraction of sp³-hybridized carbons (Fsp3) is 0.545. The Kier molecular flexibility index (Phi) is 5.31. The molecule has 0 radical (unpaired) electrons. The van der Waals surface area contributed by atoms with E-state index in [0.29, 0.717) is 6.54 Å². The third-order valence-electron chi connectivity index (χ3n) is 2.39. The molecule has 0 atom stereocenters. The molecule has 0 spiro atoms. The lowest BCUT2D eigenvalue weighted by molar-refractivity contribution is 0.0685. The predicted octanol–water partition coefficient (Wildman–Crippen LogP) is 0.180. The number of nitrogens with one attached hydrogen (secondary N) is 2. The lowest BCUT2D eigenvalue weighted by Crippen LogP contribution is -2.27. The van der Waals surface area contributed by atoms with Crippen molar-refractivity contribution in [2.45, 2.75) is 12.8 Å². The second-order valence-electron chi connectivity index (χ2n) is 4.20. The Morgan fingerprint density at radius 3 is 2.78 bits per heavy atom. The topological polar surface area (TPSA) is 98.3 Å². The van der Waals surface area contributed by atoms with Crippen molar-refractivity contribution < 1.29 is 14.7 Å². The van der Waals surface area contributed by atoms with E-state index in [2.05, 4.69) is 20.2 Å². The number of rotatable bonds is 7. The van der Waals surface area contributed by atoms with E-state index in [4.69, 9.17) is 5.11 Å². The fourth-order valence-corrected chi connectivity index (χ4v) is 1.47. The molecule has 0 bridgehead atoms. The van der Waals surface area contributed by atoms with Gasteiger partial charge in [-0.2, -0.15) is 0 Å². The quantitative estimate of drug-likeness (QED) is 0.603. The number of amides is 1. The van der Waals surface area contributed by atoms with Gasteiger partial charge in [-0.1, -0.05) is 0 Å². The van der Waals surface area contributed by atoms with Crippen LogP contribution in [0.25, 0.3) is 0 Å². The molecule has 0 saturated carbocycles. The molecule has 0 aliphatic rings. The molecule has 1 aromatic rings. The number of carbonyl (C=O) groups is 2. The van der Waals surface area contributed by atoms with Crippen LogP contribution in [-0.4, -0.2) is 59.0 Å². The first kappa shape index (κ1) is 14.2. The van der Waals surface area contributed by atoms with Gasteiger partial charge in [0.1, 0.15) is 0 Å². The highest BCUT2D eigenvalue weighted by Gasteiger charge is 2.18. The molecule has 3 N–H and O–H groups in total. The number of H-pyrrole nitrogens is 1. The van der Waals surface area contributed by atoms with E-state index in [1.165, 1.54) is 6.33 Å². The fourth-order valence-electron chi connectivity index (χ4n) is 1.47. The number of carbonyl (C=O) groups excluding carboxylic acids is 1. The monoisotopic (exact) mass is 254 g/mol. The van der Waals surface area contributed by atoms with Crippen molar-refractivity contribution in [3.63, 3.8) is 0 Å². The number of carboxylic acid groups (broad SMARTS) is 1. The highest BCUT2D eigenvalue weighted by Crippen LogP contribution is 2.02. The summed E-state index contributed by atoms with van der Waals surface area (Å²) in [6, 6.07) is 0. The summed E-state index contributed by atoms with van der Waals surface area (Å²) in [7, 11) is 3.98. The summed E-state index contributed by atoms with van der Waals surface area (Å²) in [6.45, 7) is 1.47. The Balaban J connectivity index is 2.37. The smallest absolute Gasteiger partial charge is 0.354 e. The maximum atomic E-state index is 11.7. The summed E-state index contributed by atoms with van der Waals surface area (Å²) in [5.41, 5.74) is -0.254. The van der Waals surface area contributed by atoms with Crippen LogP contribution in [0.3, 0.4) is 0 Å². The average molecular weight is 254 g/mol. The van der Waals surface area contributed by atoms with Gasteiger partial charge in [-0.05, 0) is 33.5 Å². The van der Waals surface area contributed by atoms with Gasteiger partial charge in [0.25, 0.3) is 5.91 Å². The summed E-state index contributed by atoms with van der Waals surface area (Å²) < 4.78 is 0. The zero-order chi connectivity index (χ0) is 13.5. The van der Waals surface area contributed by atoms with Gasteiger partial charge in [0.2, 0.25) is 0 Å². The van der Waals surface area contributed by atoms with Crippen LogP contribution in [0.15, 0.2) is 6.33 Å². The number of imidazole rings is 1. The molecule has 0 aliphatic carbocycles. The van der Waals surface area contributed by atoms with Crippen LogP contribution < -0.4 is 5.32 Å². The van der Waals surface area contributed by atoms with Crippen molar-refractivity contribution in [2.24, 2.45) is 0 Å². The summed E-state index contributed by atoms with van der Waals surface area (Å²) in [5, 5.41) is 11.5. The maximum Gasteiger partial charge on any atom is 0.354 e. The minimum absolute atomic E-state index is 0.0740. The molecule has 7 heteroatoms. The largest absolute Gasteiger partial charge is 0.477 e. The van der Waals surface area contributed by atoms with E-state index >= 15 is 0 Å². The number of hydrogen-bond donors (Lipinski definition) is 3. The first-order chi connectivity index (χ1) is 8.52. The molecule has 100 valence electrons. The Labute approximate surface area is 105 Å². The number of aromatic carboxylic acids is 1. The van der Waals surface area contributed by atoms with Crippen LogP contribution in [0.5, 0.6) is 0 Å². The number of aromatic nitrogens is 2. The number of carboxylic acids is 1. The van der Waals surface area contributed by atoms with Gasteiger partial charge in [0, 0.05) is 6.54 Å². The van der Waals surface area contributed by atoms with Crippen LogP contribution in [0.4, 0.5) is 0 Å². The van der Waals surface area contributed by atoms with E-state index in [1.807, 2.05) is 14.1 Å². The van der Waals surface area contributed by atoms with Crippen LogP contribution in [0.2, 0.25) is 0 Å². The lowest BCUT2D eigenvalue weighted by atomic mass is 10.2. The first-order valence-electron chi connectivity index (χ1n) is 5.72. The van der Waals surface area contributed by atoms with E-state index < -0.39 is 11.9 Å². The van der Waals surface area contributed by atoms with Crippen molar-refractivity contribution in [1.29, 1.82) is 0 Å². The van der Waals surface area contributed by atoms with Gasteiger partial charge >= 0.3 is 5.97 Å². The normalized spacial score (nSPS) is 10.6. The van der Waals surface area contributed by atoms with Crippen LogP contribution >= 0.6 is 0 Å². The first-order valence-corrected chi connectivity index (χ1v) is 5.72. The summed E-state index contributed by atoms with van der Waals surface area (Å²) in [6.07, 6.45) is 3.01. The van der Waals surface area contributed by atoms with E-state index in [-0.39, 0.29) is 11.4 Å². The van der Waals surface area contributed by atoms with E-state index in [9.17, 15) is 9.59 Å². The molecule has 1 rings (SSSR count). The van der Waals surface area contributed by atoms with Crippen LogP contribution in [-0.2, 0) is 0 Å². The molecule has 7 nitrogen and oxygen atoms in total. The number of aromatic amines is 1. The second kappa shape index (κ2) is 6.75. The lowest BCUT2D eigenvalue weighted by Gasteiger charge is -2.09. The van der Waals surface area contributed by atoms with Crippen molar-refractivity contribution in [1.82, 2.24) is 20.2 Å². The molecule has 0 saturated heterocycles. The molecule has 18 heavy (non-hydrogen) atoms. The Morgan fingerprint density at radius 2 is 2.17 bits per heavy atom. The number of hydrogen-bond acceptors (Lipinski definition) is 4. The van der Waals surface area contributed by atoms with E-state index in [1.54, 1.807) is 0 Å². The van der Waals surface area contributed by atoms with Crippen LogP contribution in [0.1, 0.15) is 33.8 Å². The highest BCUT2D eigenvalue weighted by molar-refractivity contribution is 6.02. The van der Waals surface area contributed by atoms with Crippen molar-refractivity contribution in [3.05, 3.63) is 17.7 Å². The molecule has 0 unspecified atom stereocenters. The molecule has 0 aromatic carbocycles. The molecular formula is C11H18N4O3. The molecule has 1 heterocycles. The SMILES string of the molecule is CN(C)CCCCNC(=O)c1nc[nH]c1C(=O)O. The van der Waals surface area contributed by atoms with Gasteiger partial charge in [-0.3, -0.25) is 4.79 Å². The summed E-state index contributed by atoms with van der Waals surface area (Å²) in [4.78, 5) is 30.6. The maximum absolute atomic E-state index is 11.7. The average Bonchev–Trinajstić information content (AvgIpc) is 2.76. The highest BCUT2D eigenvalue weighted by atomic mass is 16.4. The Hall–Kier alpha value is -1.89. The molecule has 0 aliphatic heterocycles. The standard InChI is InChI=1S/C11H18N4O3/c1-15(2)6-4-3-5-12-10(16)8-9(11(17)18)14-7-13-8/h7H,3-6H2,1-2H3,(H,12,16)(H,13,14)(H,17,18). The third-order valence-corrected chi connectivity index (χ3v) is 2.39. The molecular weight excluding hydrogens is 236 g/mol. The van der Waals surface area contributed by atoms with Gasteiger partial charge in [-0.25, -0.2) is 9.78 Å². The van der Waals surface area contributed by atoms with Gasteiger partial charge < -0.3 is 20.3 Å².